The van der Waals surface area contributed by atoms with Crippen LogP contribution in [0.2, 0.25) is 5.02 Å². The minimum absolute atomic E-state index is 0.0424. The molecule has 3 aromatic rings. The number of halogens is 2. The fourth-order valence-corrected chi connectivity index (χ4v) is 5.05. The van der Waals surface area contributed by atoms with Gasteiger partial charge in [0.05, 0.1) is 25.6 Å². The van der Waals surface area contributed by atoms with Crippen molar-refractivity contribution in [2.75, 3.05) is 12.4 Å². The molecule has 0 aliphatic carbocycles. The van der Waals surface area contributed by atoms with Crippen molar-refractivity contribution in [3.05, 3.63) is 82.3 Å². The van der Waals surface area contributed by atoms with Crippen molar-refractivity contribution in [3.63, 3.8) is 0 Å². The molecule has 4 rings (SSSR count). The molecular formula is C22H22BrClN2O2S. The van der Waals surface area contributed by atoms with Gasteiger partial charge in [-0.2, -0.15) is 0 Å². The average Bonchev–Trinajstić information content (AvgIpc) is 3.38. The number of aromatic nitrogens is 2. The molecule has 0 N–H and O–H groups in total. The Hall–Kier alpha value is -1.31. The number of aryl methyl sites for hydroxylation is 1. The molecule has 29 heavy (non-hydrogen) atoms. The SMILES string of the molecule is Clc1ccc(CCC2(Cn3ccnc3)OCC(CSc3ccccc3Br)O2)cc1. The van der Waals surface area contributed by atoms with Crippen LogP contribution in [-0.2, 0) is 22.4 Å². The standard InChI is InChI=1S/C22H22BrClN2O2S/c23-20-3-1-2-4-21(20)29-14-19-13-27-22(28-19,15-26-12-11-25-16-26)10-9-17-5-7-18(24)8-6-17/h1-8,11-12,16,19H,9-10,13-15H2. The predicted octanol–water partition coefficient (Wildman–Crippen LogP) is 5.84. The lowest BCUT2D eigenvalue weighted by atomic mass is 10.0. The maximum absolute atomic E-state index is 6.50. The molecule has 2 unspecified atom stereocenters. The number of thioether (sulfide) groups is 1. The minimum atomic E-state index is -0.653. The molecule has 2 atom stereocenters. The third kappa shape index (κ3) is 5.64. The first-order valence-electron chi connectivity index (χ1n) is 9.51. The summed E-state index contributed by atoms with van der Waals surface area (Å²) < 4.78 is 15.9. The Labute approximate surface area is 188 Å². The Morgan fingerprint density at radius 3 is 2.79 bits per heavy atom. The Bertz CT molecular complexity index is 923. The van der Waals surface area contributed by atoms with E-state index in [2.05, 4.69) is 51.2 Å². The zero-order valence-electron chi connectivity index (χ0n) is 15.8. The van der Waals surface area contributed by atoms with Gasteiger partial charge in [-0.3, -0.25) is 0 Å². The number of hydrogen-bond acceptors (Lipinski definition) is 4. The third-order valence-electron chi connectivity index (χ3n) is 4.87. The molecule has 7 heteroatoms. The molecule has 1 saturated heterocycles. The highest BCUT2D eigenvalue weighted by Crippen LogP contribution is 2.35. The minimum Gasteiger partial charge on any atom is -0.345 e. The zero-order chi connectivity index (χ0) is 20.1. The highest BCUT2D eigenvalue weighted by atomic mass is 79.9. The van der Waals surface area contributed by atoms with Crippen LogP contribution in [0, 0.1) is 0 Å². The topological polar surface area (TPSA) is 36.3 Å². The van der Waals surface area contributed by atoms with E-state index < -0.39 is 5.79 Å². The van der Waals surface area contributed by atoms with Gasteiger partial charge in [-0.05, 0) is 52.2 Å². The Morgan fingerprint density at radius 1 is 1.21 bits per heavy atom. The van der Waals surface area contributed by atoms with Crippen LogP contribution in [0.5, 0.6) is 0 Å². The van der Waals surface area contributed by atoms with E-state index in [1.165, 1.54) is 10.5 Å². The van der Waals surface area contributed by atoms with Gasteiger partial charge < -0.3 is 14.0 Å². The van der Waals surface area contributed by atoms with E-state index >= 15 is 0 Å². The molecule has 0 bridgehead atoms. The second-order valence-electron chi connectivity index (χ2n) is 7.06. The lowest BCUT2D eigenvalue weighted by Gasteiger charge is -2.28. The van der Waals surface area contributed by atoms with Crippen LogP contribution >= 0.6 is 39.3 Å². The molecule has 4 nitrogen and oxygen atoms in total. The van der Waals surface area contributed by atoms with E-state index in [4.69, 9.17) is 21.1 Å². The molecule has 1 fully saturated rings. The van der Waals surface area contributed by atoms with E-state index in [0.29, 0.717) is 13.2 Å². The van der Waals surface area contributed by atoms with Crippen molar-refractivity contribution in [2.24, 2.45) is 0 Å². The number of rotatable bonds is 8. The number of benzene rings is 2. The second kappa shape index (κ2) is 9.67. The molecule has 0 saturated carbocycles. The zero-order valence-corrected chi connectivity index (χ0v) is 19.0. The van der Waals surface area contributed by atoms with E-state index in [-0.39, 0.29) is 6.10 Å². The summed E-state index contributed by atoms with van der Waals surface area (Å²) in [7, 11) is 0. The largest absolute Gasteiger partial charge is 0.345 e. The lowest BCUT2D eigenvalue weighted by Crippen LogP contribution is -2.37. The summed E-state index contributed by atoms with van der Waals surface area (Å²) in [6.07, 6.45) is 7.20. The van der Waals surface area contributed by atoms with Crippen molar-refractivity contribution >= 4 is 39.3 Å². The van der Waals surface area contributed by atoms with E-state index in [1.54, 1.807) is 24.3 Å². The van der Waals surface area contributed by atoms with Crippen LogP contribution in [0.15, 0.2) is 76.6 Å². The van der Waals surface area contributed by atoms with Crippen molar-refractivity contribution in [1.29, 1.82) is 0 Å². The highest BCUT2D eigenvalue weighted by molar-refractivity contribution is 9.10. The van der Waals surface area contributed by atoms with Gasteiger partial charge in [-0.25, -0.2) is 4.98 Å². The van der Waals surface area contributed by atoms with Gasteiger partial charge >= 0.3 is 0 Å². The van der Waals surface area contributed by atoms with Gasteiger partial charge in [-0.15, -0.1) is 11.8 Å². The van der Waals surface area contributed by atoms with Gasteiger partial charge in [0.2, 0.25) is 0 Å². The van der Waals surface area contributed by atoms with Crippen molar-refractivity contribution < 1.29 is 9.47 Å². The van der Waals surface area contributed by atoms with Crippen LogP contribution in [-0.4, -0.2) is 33.8 Å². The Balaban J connectivity index is 1.41. The molecule has 0 spiro atoms. The lowest BCUT2D eigenvalue weighted by molar-refractivity contribution is -0.180. The molecule has 1 aliphatic heterocycles. The summed E-state index contributed by atoms with van der Waals surface area (Å²) in [6, 6.07) is 16.2. The quantitative estimate of drug-likeness (QED) is 0.370. The summed E-state index contributed by atoms with van der Waals surface area (Å²) in [5.41, 5.74) is 1.22. The summed E-state index contributed by atoms with van der Waals surface area (Å²) in [5, 5.41) is 0.749. The third-order valence-corrected chi connectivity index (χ3v) is 7.28. The molecule has 2 heterocycles. The van der Waals surface area contributed by atoms with Crippen LogP contribution in [0.3, 0.4) is 0 Å². The summed E-state index contributed by atoms with van der Waals surface area (Å²) in [6.45, 7) is 1.21. The maximum Gasteiger partial charge on any atom is 0.187 e. The first kappa shape index (κ1) is 20.9. The molecule has 1 aromatic heterocycles. The maximum atomic E-state index is 6.50. The molecule has 152 valence electrons. The van der Waals surface area contributed by atoms with Gasteiger partial charge in [0, 0.05) is 39.0 Å². The van der Waals surface area contributed by atoms with E-state index in [0.717, 1.165) is 28.1 Å². The van der Waals surface area contributed by atoms with Crippen LogP contribution in [0.25, 0.3) is 0 Å². The molecule has 0 amide bonds. The van der Waals surface area contributed by atoms with Crippen molar-refractivity contribution in [1.82, 2.24) is 9.55 Å². The highest BCUT2D eigenvalue weighted by Gasteiger charge is 2.41. The first-order chi connectivity index (χ1) is 14.1. The van der Waals surface area contributed by atoms with E-state index in [9.17, 15) is 0 Å². The predicted molar refractivity (Wildman–Crippen MR) is 120 cm³/mol. The fraction of sp³-hybridized carbons (Fsp3) is 0.318. The normalized spacial score (nSPS) is 21.5. The van der Waals surface area contributed by atoms with Gasteiger partial charge in [-0.1, -0.05) is 35.9 Å². The van der Waals surface area contributed by atoms with Gasteiger partial charge in [0.15, 0.2) is 5.79 Å². The first-order valence-corrected chi connectivity index (χ1v) is 11.7. The summed E-state index contributed by atoms with van der Waals surface area (Å²) in [5.74, 6) is 0.189. The van der Waals surface area contributed by atoms with Crippen LogP contribution in [0.1, 0.15) is 12.0 Å². The van der Waals surface area contributed by atoms with Crippen molar-refractivity contribution in [2.45, 2.75) is 36.2 Å². The number of imidazole rings is 1. The average molecular weight is 494 g/mol. The van der Waals surface area contributed by atoms with Gasteiger partial charge in [0.25, 0.3) is 0 Å². The smallest absolute Gasteiger partial charge is 0.187 e. The number of ether oxygens (including phenoxy) is 2. The second-order valence-corrected chi connectivity index (χ2v) is 9.42. The Kier molecular flexibility index (Phi) is 6.98. The summed E-state index contributed by atoms with van der Waals surface area (Å²) in [4.78, 5) is 5.37. The molecular weight excluding hydrogens is 472 g/mol. The number of hydrogen-bond donors (Lipinski definition) is 0. The van der Waals surface area contributed by atoms with E-state index in [1.807, 2.05) is 29.0 Å². The monoisotopic (exact) mass is 492 g/mol. The number of nitrogens with zero attached hydrogens (tertiary/aromatic N) is 2. The van der Waals surface area contributed by atoms with Crippen LogP contribution < -0.4 is 0 Å². The molecule has 0 radical (unpaired) electrons. The fourth-order valence-electron chi connectivity index (χ4n) is 3.38. The molecule has 2 aromatic carbocycles. The van der Waals surface area contributed by atoms with Crippen LogP contribution in [0.4, 0.5) is 0 Å². The van der Waals surface area contributed by atoms with Gasteiger partial charge in [0.1, 0.15) is 0 Å². The van der Waals surface area contributed by atoms with Crippen molar-refractivity contribution in [3.8, 4) is 0 Å². The Morgan fingerprint density at radius 2 is 2.03 bits per heavy atom. The molecule has 1 aliphatic rings. The summed E-state index contributed by atoms with van der Waals surface area (Å²) >= 11 is 11.4.